The van der Waals surface area contributed by atoms with Gasteiger partial charge in [-0.15, -0.1) is 0 Å². The van der Waals surface area contributed by atoms with Gasteiger partial charge >= 0.3 is 0 Å². The van der Waals surface area contributed by atoms with Crippen molar-refractivity contribution < 1.29 is 13.3 Å². The van der Waals surface area contributed by atoms with E-state index in [4.69, 9.17) is 0 Å². The van der Waals surface area contributed by atoms with Crippen LogP contribution in [0.1, 0.15) is 155 Å². The summed E-state index contributed by atoms with van der Waals surface area (Å²) in [6.07, 6.45) is 34.5. The minimum absolute atomic E-state index is 0.188. The highest BCUT2D eigenvalue weighted by atomic mass is 32.2. The van der Waals surface area contributed by atoms with Crippen LogP contribution in [0.25, 0.3) is 0 Å². The molecule has 43 heavy (non-hydrogen) atoms. The third kappa shape index (κ3) is 19.1. The second-order valence-corrected chi connectivity index (χ2v) is 13.8. The predicted molar refractivity (Wildman–Crippen MR) is 183 cm³/mol. The maximum Gasteiger partial charge on any atom is 0.289 e. The number of benzene rings is 1. The average Bonchev–Trinajstić information content (AvgIpc) is 3.00. The molecule has 0 saturated heterocycles. The van der Waals surface area contributed by atoms with Crippen molar-refractivity contribution in [3.05, 3.63) is 58.7 Å². The van der Waals surface area contributed by atoms with Crippen molar-refractivity contribution in [2.24, 2.45) is 0 Å². The average molecular weight is 619 g/mol. The van der Waals surface area contributed by atoms with Crippen molar-refractivity contribution >= 4 is 15.7 Å². The minimum atomic E-state index is -3.93. The van der Waals surface area contributed by atoms with Crippen molar-refractivity contribution in [3.8, 4) is 0 Å². The highest BCUT2D eigenvalue weighted by Crippen LogP contribution is 2.27. The summed E-state index contributed by atoms with van der Waals surface area (Å²) in [5, 5.41) is 11.6. The molecule has 0 heterocycles. The number of hydrogen-bond acceptors (Lipinski definition) is 4. The molecule has 0 radical (unpaired) electrons. The zero-order valence-electron chi connectivity index (χ0n) is 27.5. The Hall–Kier alpha value is -1.99. The van der Waals surface area contributed by atoms with E-state index in [-0.39, 0.29) is 10.6 Å². The number of nitro benzene ring substituents is 1. The fourth-order valence-electron chi connectivity index (χ4n) is 5.37. The molecular formula is C36H62N2O4S. The van der Waals surface area contributed by atoms with Crippen LogP contribution in [0.15, 0.2) is 53.5 Å². The van der Waals surface area contributed by atoms with Crippen LogP contribution in [-0.2, 0) is 10.0 Å². The number of hydrogen-bond donors (Lipinski definition) is 0. The quantitative estimate of drug-likeness (QED) is 0.0387. The lowest BCUT2D eigenvalue weighted by molar-refractivity contribution is -0.387. The Bertz CT molecular complexity index is 991. The minimum Gasteiger partial charge on any atom is -0.258 e. The van der Waals surface area contributed by atoms with Gasteiger partial charge in [0.2, 0.25) is 10.0 Å². The summed E-state index contributed by atoms with van der Waals surface area (Å²) >= 11 is 0. The Morgan fingerprint density at radius 2 is 1.05 bits per heavy atom. The number of rotatable bonds is 29. The molecule has 0 spiro atoms. The van der Waals surface area contributed by atoms with Gasteiger partial charge in [0.05, 0.1) is 4.92 Å². The van der Waals surface area contributed by atoms with Crippen LogP contribution in [0, 0.1) is 10.1 Å². The Balaban J connectivity index is 2.43. The van der Waals surface area contributed by atoms with Crippen LogP contribution < -0.4 is 0 Å². The highest BCUT2D eigenvalue weighted by molar-refractivity contribution is 7.89. The van der Waals surface area contributed by atoms with Crippen LogP contribution in [0.2, 0.25) is 0 Å². The maximum atomic E-state index is 13.6. The molecule has 0 bridgehead atoms. The van der Waals surface area contributed by atoms with Crippen LogP contribution in [0.5, 0.6) is 0 Å². The first-order valence-corrected chi connectivity index (χ1v) is 18.9. The zero-order valence-corrected chi connectivity index (χ0v) is 28.3. The normalized spacial score (nSPS) is 12.3. The highest BCUT2D eigenvalue weighted by Gasteiger charge is 2.30. The van der Waals surface area contributed by atoms with E-state index in [9.17, 15) is 18.5 Å². The van der Waals surface area contributed by atoms with Crippen LogP contribution >= 0.6 is 0 Å². The fourth-order valence-corrected chi connectivity index (χ4v) is 7.04. The molecule has 0 unspecified atom stereocenters. The molecule has 0 aliphatic carbocycles. The van der Waals surface area contributed by atoms with Crippen LogP contribution in [-0.4, -0.2) is 30.7 Å². The van der Waals surface area contributed by atoms with Crippen molar-refractivity contribution in [3.63, 3.8) is 0 Å². The zero-order chi connectivity index (χ0) is 31.4. The lowest BCUT2D eigenvalue weighted by Gasteiger charge is -2.22. The number of unbranched alkanes of at least 4 members (excludes halogenated alkanes) is 18. The number of allylic oxidation sites excluding steroid dienone is 4. The number of para-hydroxylation sites is 1. The van der Waals surface area contributed by atoms with Gasteiger partial charge in [-0.05, 0) is 51.0 Å². The summed E-state index contributed by atoms with van der Waals surface area (Å²) in [6, 6.07) is 5.74. The van der Waals surface area contributed by atoms with E-state index >= 15 is 0 Å². The smallest absolute Gasteiger partial charge is 0.258 e. The first-order chi connectivity index (χ1) is 20.9. The summed E-state index contributed by atoms with van der Waals surface area (Å²) < 4.78 is 28.6. The van der Waals surface area contributed by atoms with Gasteiger partial charge in [-0.3, -0.25) is 10.1 Å². The number of nitro groups is 1. The topological polar surface area (TPSA) is 80.5 Å². The summed E-state index contributed by atoms with van der Waals surface area (Å²) in [6.45, 7) is 5.31. The molecule has 0 N–H and O–H groups in total. The standard InChI is InChI=1S/C36H62N2O4S/c1-3-5-7-9-11-13-15-16-17-18-19-20-22-24-26-30-34-37(33-29-25-23-21-14-12-10-8-6-4-2)43(41,42)36-32-28-27-31-35(36)38(39)40/h11,13,16-17,27-28,31-32H,3-10,12,14-15,18-26,29-30,33-34H2,1-2H3. The van der Waals surface area contributed by atoms with Gasteiger partial charge in [0, 0.05) is 19.2 Å². The molecule has 0 aliphatic rings. The van der Waals surface area contributed by atoms with E-state index in [1.165, 1.54) is 106 Å². The fraction of sp³-hybridized carbons (Fsp3) is 0.722. The molecule has 0 fully saturated rings. The molecule has 6 nitrogen and oxygen atoms in total. The van der Waals surface area contributed by atoms with E-state index in [1.807, 2.05) is 0 Å². The third-order valence-electron chi connectivity index (χ3n) is 8.05. The van der Waals surface area contributed by atoms with Crippen LogP contribution in [0.3, 0.4) is 0 Å². The molecule has 7 heteroatoms. The predicted octanol–water partition coefficient (Wildman–Crippen LogP) is 11.3. The molecule has 1 aromatic rings. The molecule has 246 valence electrons. The monoisotopic (exact) mass is 618 g/mol. The van der Waals surface area contributed by atoms with Gasteiger partial charge in [0.25, 0.3) is 5.69 Å². The maximum absolute atomic E-state index is 13.6. The van der Waals surface area contributed by atoms with Gasteiger partial charge in [0.1, 0.15) is 0 Å². The van der Waals surface area contributed by atoms with E-state index in [2.05, 4.69) is 38.2 Å². The van der Waals surface area contributed by atoms with Crippen molar-refractivity contribution in [2.75, 3.05) is 13.1 Å². The lowest BCUT2D eigenvalue weighted by atomic mass is 10.1. The van der Waals surface area contributed by atoms with Crippen LogP contribution in [0.4, 0.5) is 5.69 Å². The largest absolute Gasteiger partial charge is 0.289 e. The first kappa shape index (κ1) is 39.0. The van der Waals surface area contributed by atoms with E-state index < -0.39 is 14.9 Å². The Labute approximate surface area is 264 Å². The van der Waals surface area contributed by atoms with Crippen molar-refractivity contribution in [1.82, 2.24) is 4.31 Å². The van der Waals surface area contributed by atoms with E-state index in [0.717, 1.165) is 57.8 Å². The number of sulfonamides is 1. The Kier molecular flexibility index (Phi) is 24.0. The SMILES string of the molecule is CCCCCC=CCC=CCCCCCCCCN(CCCCCCCCCCCC)S(=O)(=O)c1ccccc1[N+](=O)[O-]. The summed E-state index contributed by atoms with van der Waals surface area (Å²) in [5.74, 6) is 0. The molecular weight excluding hydrogens is 556 g/mol. The Morgan fingerprint density at radius 1 is 0.628 bits per heavy atom. The summed E-state index contributed by atoms with van der Waals surface area (Å²) in [7, 11) is -3.93. The van der Waals surface area contributed by atoms with Gasteiger partial charge in [-0.2, -0.15) is 4.31 Å². The second kappa shape index (κ2) is 26.4. The molecule has 1 rings (SSSR count). The van der Waals surface area contributed by atoms with Gasteiger partial charge in [0.15, 0.2) is 4.90 Å². The molecule has 0 aliphatic heterocycles. The molecule has 1 aromatic carbocycles. The third-order valence-corrected chi connectivity index (χ3v) is 10.00. The molecule has 0 atom stereocenters. The summed E-state index contributed by atoms with van der Waals surface area (Å²) in [5.41, 5.74) is -0.340. The lowest BCUT2D eigenvalue weighted by Crippen LogP contribution is -2.33. The van der Waals surface area contributed by atoms with E-state index in [1.54, 1.807) is 6.07 Å². The molecule has 0 saturated carbocycles. The van der Waals surface area contributed by atoms with Gasteiger partial charge in [-0.1, -0.05) is 147 Å². The van der Waals surface area contributed by atoms with Gasteiger partial charge < -0.3 is 0 Å². The van der Waals surface area contributed by atoms with E-state index in [0.29, 0.717) is 13.1 Å². The second-order valence-electron chi connectivity index (χ2n) is 11.9. The summed E-state index contributed by atoms with van der Waals surface area (Å²) in [4.78, 5) is 10.8. The van der Waals surface area contributed by atoms with Gasteiger partial charge in [-0.25, -0.2) is 8.42 Å². The number of nitrogens with zero attached hydrogens (tertiary/aromatic N) is 2. The first-order valence-electron chi connectivity index (χ1n) is 17.5. The molecule has 0 amide bonds. The Morgan fingerprint density at radius 3 is 1.56 bits per heavy atom. The molecule has 0 aromatic heterocycles. The van der Waals surface area contributed by atoms with Crippen molar-refractivity contribution in [2.45, 2.75) is 160 Å². The van der Waals surface area contributed by atoms with Crippen molar-refractivity contribution in [1.29, 1.82) is 0 Å².